The predicted molar refractivity (Wildman–Crippen MR) is 101 cm³/mol. The first-order valence-corrected chi connectivity index (χ1v) is 9.05. The van der Waals surface area contributed by atoms with Crippen LogP contribution in [0.4, 0.5) is 14.5 Å². The molecule has 1 fully saturated rings. The fraction of sp³-hybridized carbons (Fsp3) is 0.238. The van der Waals surface area contributed by atoms with Gasteiger partial charge < -0.3 is 15.4 Å². The van der Waals surface area contributed by atoms with Crippen molar-refractivity contribution in [1.82, 2.24) is 9.88 Å². The van der Waals surface area contributed by atoms with Gasteiger partial charge in [0.1, 0.15) is 5.82 Å². The Balaban J connectivity index is 1.73. The summed E-state index contributed by atoms with van der Waals surface area (Å²) in [5.41, 5.74) is 8.62. The van der Waals surface area contributed by atoms with Crippen molar-refractivity contribution in [3.05, 3.63) is 53.2 Å². The van der Waals surface area contributed by atoms with Gasteiger partial charge in [0.25, 0.3) is 5.91 Å². The van der Waals surface area contributed by atoms with Gasteiger partial charge in [-0.05, 0) is 18.9 Å². The molecule has 0 saturated heterocycles. The quantitative estimate of drug-likeness (QED) is 0.747. The average molecular weight is 381 g/mol. The van der Waals surface area contributed by atoms with E-state index in [1.165, 1.54) is 7.11 Å². The van der Waals surface area contributed by atoms with E-state index in [0.29, 0.717) is 40.0 Å². The zero-order chi connectivity index (χ0) is 19.6. The van der Waals surface area contributed by atoms with E-state index in [0.717, 1.165) is 25.0 Å². The first-order valence-electron chi connectivity index (χ1n) is 9.05. The van der Waals surface area contributed by atoms with Crippen molar-refractivity contribution in [2.75, 3.05) is 12.8 Å². The fourth-order valence-electron chi connectivity index (χ4n) is 3.88. The van der Waals surface area contributed by atoms with Crippen LogP contribution in [-0.2, 0) is 6.54 Å². The third-order valence-electron chi connectivity index (χ3n) is 5.45. The molecule has 0 spiro atoms. The molecule has 2 aromatic carbocycles. The number of rotatable bonds is 3. The second-order valence-corrected chi connectivity index (χ2v) is 7.18. The highest BCUT2D eigenvalue weighted by molar-refractivity contribution is 6.11. The number of nitrogens with two attached hydrogens (primary N) is 1. The minimum Gasteiger partial charge on any atom is -0.494 e. The Labute approximate surface area is 159 Å². The van der Waals surface area contributed by atoms with Crippen LogP contribution in [0.25, 0.3) is 22.0 Å². The van der Waals surface area contributed by atoms with Gasteiger partial charge in [-0.3, -0.25) is 4.79 Å². The summed E-state index contributed by atoms with van der Waals surface area (Å²) in [6, 6.07) is 7.46. The van der Waals surface area contributed by atoms with Gasteiger partial charge in [-0.1, -0.05) is 18.2 Å². The molecule has 5 rings (SSSR count). The molecule has 0 radical (unpaired) electrons. The fourth-order valence-corrected chi connectivity index (χ4v) is 3.88. The monoisotopic (exact) mass is 381 g/mol. The summed E-state index contributed by atoms with van der Waals surface area (Å²) in [5, 5.41) is 0.554. The van der Waals surface area contributed by atoms with Crippen LogP contribution in [0.1, 0.15) is 28.9 Å². The van der Waals surface area contributed by atoms with Crippen LogP contribution in [0, 0.1) is 11.6 Å². The average Bonchev–Trinajstić information content (AvgIpc) is 3.47. The van der Waals surface area contributed by atoms with Crippen molar-refractivity contribution in [1.29, 1.82) is 0 Å². The van der Waals surface area contributed by atoms with E-state index < -0.39 is 11.6 Å². The second-order valence-electron chi connectivity index (χ2n) is 7.18. The molecule has 5 nitrogen and oxygen atoms in total. The molecule has 1 saturated carbocycles. The van der Waals surface area contributed by atoms with Crippen LogP contribution < -0.4 is 10.5 Å². The number of para-hydroxylation sites is 1. The number of anilines is 1. The highest BCUT2D eigenvalue weighted by atomic mass is 19.1. The third-order valence-corrected chi connectivity index (χ3v) is 5.45. The van der Waals surface area contributed by atoms with Crippen LogP contribution in [0.3, 0.4) is 0 Å². The molecule has 0 unspecified atom stereocenters. The molecule has 1 aliphatic carbocycles. The number of aromatic nitrogens is 1. The van der Waals surface area contributed by atoms with Gasteiger partial charge in [0, 0.05) is 28.6 Å². The van der Waals surface area contributed by atoms with Crippen molar-refractivity contribution in [2.24, 2.45) is 0 Å². The maximum atomic E-state index is 14.7. The van der Waals surface area contributed by atoms with Gasteiger partial charge in [-0.25, -0.2) is 13.8 Å². The molecule has 7 heteroatoms. The molecule has 28 heavy (non-hydrogen) atoms. The van der Waals surface area contributed by atoms with E-state index in [1.54, 1.807) is 23.1 Å². The number of amides is 1. The molecular formula is C21H17F2N3O2. The number of fused-ring (bicyclic) bond motifs is 2. The Morgan fingerprint density at radius 2 is 1.96 bits per heavy atom. The normalized spacial score (nSPS) is 16.0. The molecule has 2 N–H and O–H groups in total. The van der Waals surface area contributed by atoms with E-state index in [9.17, 15) is 13.6 Å². The largest absolute Gasteiger partial charge is 0.494 e. The van der Waals surface area contributed by atoms with E-state index in [1.807, 2.05) is 0 Å². The molecular weight excluding hydrogens is 364 g/mol. The van der Waals surface area contributed by atoms with Gasteiger partial charge in [0.05, 0.1) is 36.1 Å². The van der Waals surface area contributed by atoms with Crippen LogP contribution in [0.2, 0.25) is 0 Å². The smallest absolute Gasteiger partial charge is 0.258 e. The summed E-state index contributed by atoms with van der Waals surface area (Å²) in [7, 11) is 1.28. The van der Waals surface area contributed by atoms with Gasteiger partial charge in [0.2, 0.25) is 0 Å². The van der Waals surface area contributed by atoms with E-state index >= 15 is 0 Å². The highest BCUT2D eigenvalue weighted by Crippen LogP contribution is 2.41. The SMILES string of the molecule is COc1cc(F)c(-c2cccc3c(N)c4c(nc23)CN(C2CC2)C4=O)cc1F. The number of methoxy groups -OCH3 is 1. The van der Waals surface area contributed by atoms with Gasteiger partial charge in [0.15, 0.2) is 11.6 Å². The van der Waals surface area contributed by atoms with Gasteiger partial charge in [-0.15, -0.1) is 0 Å². The Morgan fingerprint density at radius 3 is 2.68 bits per heavy atom. The van der Waals surface area contributed by atoms with Crippen molar-refractivity contribution in [2.45, 2.75) is 25.4 Å². The lowest BCUT2D eigenvalue weighted by Gasteiger charge is -2.13. The lowest BCUT2D eigenvalue weighted by atomic mass is 9.98. The lowest BCUT2D eigenvalue weighted by Crippen LogP contribution is -2.26. The Hall–Kier alpha value is -3.22. The molecule has 2 heterocycles. The Morgan fingerprint density at radius 1 is 1.18 bits per heavy atom. The highest BCUT2D eigenvalue weighted by Gasteiger charge is 2.40. The topological polar surface area (TPSA) is 68.5 Å². The number of halogens is 2. The molecule has 3 aromatic rings. The van der Waals surface area contributed by atoms with E-state index in [-0.39, 0.29) is 23.3 Å². The minimum absolute atomic E-state index is 0.0686. The predicted octanol–water partition coefficient (Wildman–Crippen LogP) is 3.89. The molecule has 0 bridgehead atoms. The molecule has 142 valence electrons. The van der Waals surface area contributed by atoms with Gasteiger partial charge >= 0.3 is 0 Å². The van der Waals surface area contributed by atoms with Crippen LogP contribution in [0.5, 0.6) is 5.75 Å². The maximum absolute atomic E-state index is 14.7. The number of hydrogen-bond acceptors (Lipinski definition) is 4. The summed E-state index contributed by atoms with van der Waals surface area (Å²) < 4.78 is 33.7. The third kappa shape index (κ3) is 2.35. The second kappa shape index (κ2) is 5.89. The zero-order valence-electron chi connectivity index (χ0n) is 15.1. The van der Waals surface area contributed by atoms with Crippen molar-refractivity contribution >= 4 is 22.5 Å². The number of ether oxygens (including phenoxy) is 1. The number of pyridine rings is 1. The summed E-state index contributed by atoms with van der Waals surface area (Å²) in [5.74, 6) is -1.56. The first kappa shape index (κ1) is 16.9. The van der Waals surface area contributed by atoms with E-state index in [4.69, 9.17) is 10.5 Å². The lowest BCUT2D eigenvalue weighted by molar-refractivity contribution is 0.0767. The molecule has 0 atom stereocenters. The number of hydrogen-bond donors (Lipinski definition) is 1. The van der Waals surface area contributed by atoms with Crippen LogP contribution >= 0.6 is 0 Å². The maximum Gasteiger partial charge on any atom is 0.258 e. The zero-order valence-corrected chi connectivity index (χ0v) is 15.1. The summed E-state index contributed by atoms with van der Waals surface area (Å²) in [4.78, 5) is 19.2. The minimum atomic E-state index is -0.667. The van der Waals surface area contributed by atoms with E-state index in [2.05, 4.69) is 4.98 Å². The molecule has 1 amide bonds. The van der Waals surface area contributed by atoms with Crippen LogP contribution in [-0.4, -0.2) is 28.9 Å². The number of carbonyl (C=O) groups excluding carboxylic acids is 1. The molecule has 1 aliphatic heterocycles. The van der Waals surface area contributed by atoms with Crippen LogP contribution in [0.15, 0.2) is 30.3 Å². The van der Waals surface area contributed by atoms with Crippen molar-refractivity contribution < 1.29 is 18.3 Å². The standard InChI is InChI=1S/C21H17F2N3O2/c1-28-17-8-14(22)13(7-15(17)23)11-3-2-4-12-19(24)18-16(25-20(11)12)9-26(21(18)27)10-5-6-10/h2-4,7-8,10H,5-6,9H2,1H3,(H2,24,25). The first-order chi connectivity index (χ1) is 13.5. The number of carbonyl (C=O) groups is 1. The summed E-state index contributed by atoms with van der Waals surface area (Å²) in [6.07, 6.45) is 1.97. The molecule has 2 aliphatic rings. The Bertz CT molecular complexity index is 1160. The number of nitrogens with zero attached hydrogens (tertiary/aromatic N) is 2. The van der Waals surface area contributed by atoms with Crippen molar-refractivity contribution in [3.8, 4) is 16.9 Å². The number of benzene rings is 2. The van der Waals surface area contributed by atoms with Crippen molar-refractivity contribution in [3.63, 3.8) is 0 Å². The summed E-state index contributed by atoms with van der Waals surface area (Å²) >= 11 is 0. The Kier molecular flexibility index (Phi) is 3.56. The number of nitrogen functional groups attached to an aromatic ring is 1. The summed E-state index contributed by atoms with van der Waals surface area (Å²) in [6.45, 7) is 0.396. The molecule has 1 aromatic heterocycles. The van der Waals surface area contributed by atoms with Gasteiger partial charge in [-0.2, -0.15) is 0 Å².